The van der Waals surface area contributed by atoms with Crippen LogP contribution in [-0.2, 0) is 16.6 Å². The summed E-state index contributed by atoms with van der Waals surface area (Å²) in [5.41, 5.74) is 2.09. The zero-order valence-electron chi connectivity index (χ0n) is 19.3. The molecule has 35 heavy (non-hydrogen) atoms. The number of carbonyl (C=O) groups is 1. The molecule has 2 N–H and O–H groups in total. The molecule has 3 aromatic carbocycles. The minimum absolute atomic E-state index is 0.0497. The molecule has 5 rings (SSSR count). The summed E-state index contributed by atoms with van der Waals surface area (Å²) in [6.45, 7) is 2.26. The number of nitrogens with one attached hydrogen (secondary N) is 2. The fourth-order valence-electron chi connectivity index (χ4n) is 4.41. The summed E-state index contributed by atoms with van der Waals surface area (Å²) in [5.74, 6) is -0.383. The number of benzene rings is 3. The van der Waals surface area contributed by atoms with Crippen LogP contribution in [-0.4, -0.2) is 61.7 Å². The maximum Gasteiger partial charge on any atom is 0.251 e. The van der Waals surface area contributed by atoms with Crippen molar-refractivity contribution in [3.63, 3.8) is 0 Å². The van der Waals surface area contributed by atoms with Gasteiger partial charge in [-0.2, -0.15) is 4.31 Å². The number of piperazine rings is 1. The van der Waals surface area contributed by atoms with Crippen LogP contribution in [0.25, 0.3) is 21.8 Å². The quantitative estimate of drug-likeness (QED) is 0.419. The normalized spacial score (nSPS) is 15.5. The van der Waals surface area contributed by atoms with Crippen LogP contribution in [0.5, 0.6) is 0 Å². The average molecular weight is 491 g/mol. The number of fused-ring (bicyclic) bond motifs is 2. The monoisotopic (exact) mass is 490 g/mol. The number of hydrogen-bond acceptors (Lipinski definition) is 5. The highest BCUT2D eigenvalue weighted by molar-refractivity contribution is 7.89. The van der Waals surface area contributed by atoms with E-state index in [0.29, 0.717) is 53.6 Å². The van der Waals surface area contributed by atoms with Crippen LogP contribution in [0.1, 0.15) is 15.9 Å². The van der Waals surface area contributed by atoms with Crippen LogP contribution in [0.15, 0.2) is 76.4 Å². The Bertz CT molecular complexity index is 1590. The lowest BCUT2D eigenvalue weighted by molar-refractivity contribution is 0.0950. The Hall–Kier alpha value is -3.53. The van der Waals surface area contributed by atoms with Gasteiger partial charge in [-0.3, -0.25) is 9.59 Å². The molecule has 1 aromatic heterocycles. The first-order valence-electron chi connectivity index (χ1n) is 11.4. The van der Waals surface area contributed by atoms with E-state index in [1.165, 1.54) is 4.31 Å². The maximum absolute atomic E-state index is 13.3. The van der Waals surface area contributed by atoms with E-state index in [-0.39, 0.29) is 22.8 Å². The molecule has 0 saturated carbocycles. The van der Waals surface area contributed by atoms with Gasteiger partial charge in [-0.05, 0) is 49.0 Å². The second-order valence-electron chi connectivity index (χ2n) is 8.76. The molecule has 0 spiro atoms. The number of rotatable bonds is 5. The second kappa shape index (κ2) is 9.26. The number of pyridine rings is 1. The molecule has 0 radical (unpaired) electrons. The van der Waals surface area contributed by atoms with Crippen LogP contribution in [0.2, 0.25) is 0 Å². The van der Waals surface area contributed by atoms with Crippen molar-refractivity contribution in [2.45, 2.75) is 11.4 Å². The lowest BCUT2D eigenvalue weighted by atomic mass is 10.1. The van der Waals surface area contributed by atoms with E-state index in [4.69, 9.17) is 0 Å². The molecule has 0 bridgehead atoms. The van der Waals surface area contributed by atoms with E-state index in [1.54, 1.807) is 54.6 Å². The highest BCUT2D eigenvalue weighted by Gasteiger charge is 2.29. The number of hydrogen-bond donors (Lipinski definition) is 2. The van der Waals surface area contributed by atoms with Gasteiger partial charge in [0.05, 0.1) is 4.90 Å². The predicted octanol–water partition coefficient (Wildman–Crippen LogP) is 2.55. The second-order valence-corrected chi connectivity index (χ2v) is 10.7. The van der Waals surface area contributed by atoms with Gasteiger partial charge in [0.15, 0.2) is 5.43 Å². The number of likely N-dealkylation sites (N-methyl/N-ethyl adjacent to an activating group) is 1. The van der Waals surface area contributed by atoms with E-state index in [1.807, 2.05) is 19.2 Å². The molecule has 180 valence electrons. The molecule has 2 heterocycles. The Morgan fingerprint density at radius 1 is 0.914 bits per heavy atom. The Kier molecular flexibility index (Phi) is 6.14. The molecule has 1 aliphatic heterocycles. The third-order valence-electron chi connectivity index (χ3n) is 6.46. The lowest BCUT2D eigenvalue weighted by Crippen LogP contribution is -2.47. The molecule has 0 atom stereocenters. The van der Waals surface area contributed by atoms with Gasteiger partial charge in [-0.25, -0.2) is 8.42 Å². The molecule has 9 heteroatoms. The summed E-state index contributed by atoms with van der Waals surface area (Å²) in [4.78, 5) is 31.4. The van der Waals surface area contributed by atoms with Gasteiger partial charge >= 0.3 is 0 Å². The van der Waals surface area contributed by atoms with Crippen molar-refractivity contribution in [2.24, 2.45) is 0 Å². The summed E-state index contributed by atoms with van der Waals surface area (Å²) in [6, 6.07) is 18.9. The molecule has 0 unspecified atom stereocenters. The van der Waals surface area contributed by atoms with Gasteiger partial charge < -0.3 is 15.2 Å². The van der Waals surface area contributed by atoms with Crippen LogP contribution in [0.4, 0.5) is 0 Å². The van der Waals surface area contributed by atoms with Crippen molar-refractivity contribution in [1.29, 1.82) is 0 Å². The van der Waals surface area contributed by atoms with Gasteiger partial charge in [0.1, 0.15) is 0 Å². The van der Waals surface area contributed by atoms with Gasteiger partial charge in [-0.1, -0.05) is 30.3 Å². The van der Waals surface area contributed by atoms with Gasteiger partial charge in [0.2, 0.25) is 10.0 Å². The van der Waals surface area contributed by atoms with Crippen LogP contribution in [0, 0.1) is 0 Å². The lowest BCUT2D eigenvalue weighted by Gasteiger charge is -2.32. The number of nitrogens with zero attached hydrogens (tertiary/aromatic N) is 2. The summed E-state index contributed by atoms with van der Waals surface area (Å²) in [7, 11) is -1.71. The average Bonchev–Trinajstić information content (AvgIpc) is 2.88. The molecular weight excluding hydrogens is 464 g/mol. The number of para-hydroxylation sites is 1. The third kappa shape index (κ3) is 4.45. The number of aromatic amines is 1. The first-order valence-corrected chi connectivity index (χ1v) is 12.9. The summed E-state index contributed by atoms with van der Waals surface area (Å²) in [6.07, 6.45) is 0. The van der Waals surface area contributed by atoms with Crippen LogP contribution < -0.4 is 10.7 Å². The topological polar surface area (TPSA) is 103 Å². The Labute approximate surface area is 203 Å². The van der Waals surface area contributed by atoms with E-state index < -0.39 is 10.0 Å². The van der Waals surface area contributed by atoms with E-state index >= 15 is 0 Å². The number of amides is 1. The minimum atomic E-state index is -3.67. The summed E-state index contributed by atoms with van der Waals surface area (Å²) in [5, 5.41) is 3.80. The van der Waals surface area contributed by atoms with Crippen LogP contribution in [0.3, 0.4) is 0 Å². The number of sulfonamides is 1. The van der Waals surface area contributed by atoms with Crippen molar-refractivity contribution < 1.29 is 13.2 Å². The minimum Gasteiger partial charge on any atom is -0.354 e. The molecule has 1 amide bonds. The van der Waals surface area contributed by atoms with Crippen molar-refractivity contribution in [3.05, 3.63) is 88.1 Å². The molecule has 4 aromatic rings. The van der Waals surface area contributed by atoms with E-state index in [2.05, 4.69) is 15.2 Å². The number of H-pyrrole nitrogens is 1. The zero-order chi connectivity index (χ0) is 24.6. The molecular formula is C26H26N4O4S. The fraction of sp³-hybridized carbons (Fsp3) is 0.231. The number of aromatic nitrogens is 1. The third-order valence-corrected chi connectivity index (χ3v) is 8.46. The fourth-order valence-corrected chi connectivity index (χ4v) is 6.05. The van der Waals surface area contributed by atoms with Gasteiger partial charge in [0.25, 0.3) is 5.91 Å². The van der Waals surface area contributed by atoms with E-state index in [9.17, 15) is 18.0 Å². The standard InChI is InChI=1S/C26H26N4O4S/c1-29-12-14-30(15-13-29)35(33,34)24-9-5-2-6-19(24)17-27-26(32)18-10-11-23-21(16-18)25(31)20-7-3-4-8-22(20)28-23/h2-11,16H,12-15,17H2,1H3,(H,27,32)(H,28,31). The Morgan fingerprint density at radius 2 is 1.60 bits per heavy atom. The SMILES string of the molecule is CN1CCN(S(=O)(=O)c2ccccc2CNC(=O)c2ccc3[nH]c4ccccc4c(=O)c3c2)CC1. The summed E-state index contributed by atoms with van der Waals surface area (Å²) < 4.78 is 28.0. The molecule has 1 saturated heterocycles. The molecule has 1 fully saturated rings. The highest BCUT2D eigenvalue weighted by atomic mass is 32.2. The molecule has 0 aliphatic carbocycles. The molecule has 8 nitrogen and oxygen atoms in total. The van der Waals surface area contributed by atoms with Gasteiger partial charge in [0, 0.05) is 60.1 Å². The number of carbonyl (C=O) groups excluding carboxylic acids is 1. The van der Waals surface area contributed by atoms with E-state index in [0.717, 1.165) is 5.52 Å². The highest BCUT2D eigenvalue weighted by Crippen LogP contribution is 2.22. The zero-order valence-corrected chi connectivity index (χ0v) is 20.1. The van der Waals surface area contributed by atoms with Crippen molar-refractivity contribution in [1.82, 2.24) is 19.5 Å². The van der Waals surface area contributed by atoms with Crippen LogP contribution >= 0.6 is 0 Å². The van der Waals surface area contributed by atoms with Gasteiger partial charge in [-0.15, -0.1) is 0 Å². The van der Waals surface area contributed by atoms with Crippen molar-refractivity contribution in [3.8, 4) is 0 Å². The largest absolute Gasteiger partial charge is 0.354 e. The first kappa shape index (κ1) is 23.2. The summed E-state index contributed by atoms with van der Waals surface area (Å²) >= 11 is 0. The van der Waals surface area contributed by atoms with Crippen molar-refractivity contribution >= 4 is 37.7 Å². The smallest absolute Gasteiger partial charge is 0.251 e. The predicted molar refractivity (Wildman–Crippen MR) is 136 cm³/mol. The maximum atomic E-state index is 13.3. The van der Waals surface area contributed by atoms with Crippen molar-refractivity contribution in [2.75, 3.05) is 33.2 Å². The Morgan fingerprint density at radius 3 is 2.40 bits per heavy atom. The first-order chi connectivity index (χ1) is 16.8. The Balaban J connectivity index is 1.39. The molecule has 1 aliphatic rings.